The van der Waals surface area contributed by atoms with Crippen molar-refractivity contribution < 1.29 is 4.79 Å². The van der Waals surface area contributed by atoms with Crippen LogP contribution in [0.25, 0.3) is 0 Å². The van der Waals surface area contributed by atoms with Crippen molar-refractivity contribution in [3.63, 3.8) is 0 Å². The molecule has 0 radical (unpaired) electrons. The third-order valence-corrected chi connectivity index (χ3v) is 3.27. The van der Waals surface area contributed by atoms with E-state index in [1.54, 1.807) is 0 Å². The van der Waals surface area contributed by atoms with E-state index in [1.165, 1.54) is 0 Å². The van der Waals surface area contributed by atoms with Gasteiger partial charge < -0.3 is 10.2 Å². The maximum atomic E-state index is 11.9. The van der Waals surface area contributed by atoms with Gasteiger partial charge in [0.25, 0.3) is 0 Å². The summed E-state index contributed by atoms with van der Waals surface area (Å²) < 4.78 is 0. The average Bonchev–Trinajstić information content (AvgIpc) is 2.89. The van der Waals surface area contributed by atoms with Crippen molar-refractivity contribution in [2.75, 3.05) is 25.0 Å². The second-order valence-corrected chi connectivity index (χ2v) is 5.35. The van der Waals surface area contributed by atoms with E-state index in [0.29, 0.717) is 6.54 Å². The molecule has 0 saturated carbocycles. The largest absolute Gasteiger partial charge is 0.361 e. The number of hydrogen-bond donors (Lipinski definition) is 1. The molecule has 1 N–H and O–H groups in total. The Kier molecular flexibility index (Phi) is 4.35. The summed E-state index contributed by atoms with van der Waals surface area (Å²) >= 11 is 0. The average molecular weight is 262 g/mol. The first-order chi connectivity index (χ1) is 9.06. The lowest BCUT2D eigenvalue weighted by Gasteiger charge is -2.16. The molecule has 0 atom stereocenters. The second-order valence-electron chi connectivity index (χ2n) is 5.35. The zero-order chi connectivity index (χ0) is 13.8. The van der Waals surface area contributed by atoms with E-state index in [1.807, 2.05) is 17.9 Å². The lowest BCUT2D eigenvalue weighted by Crippen LogP contribution is -2.33. The Bertz CT molecular complexity index is 453. The van der Waals surface area contributed by atoms with Crippen LogP contribution in [0.5, 0.6) is 0 Å². The van der Waals surface area contributed by atoms with E-state index >= 15 is 0 Å². The topological polar surface area (TPSA) is 58.1 Å². The molecule has 2 rings (SSSR count). The van der Waals surface area contributed by atoms with Crippen LogP contribution in [0.2, 0.25) is 0 Å². The number of amides is 1. The van der Waals surface area contributed by atoms with Crippen molar-refractivity contribution in [1.29, 1.82) is 0 Å². The molecule has 5 heteroatoms. The summed E-state index contributed by atoms with van der Waals surface area (Å²) in [4.78, 5) is 22.7. The van der Waals surface area contributed by atoms with E-state index in [0.717, 1.165) is 43.3 Å². The fourth-order valence-corrected chi connectivity index (χ4v) is 2.18. The third kappa shape index (κ3) is 3.66. The predicted molar refractivity (Wildman–Crippen MR) is 75.2 cm³/mol. The summed E-state index contributed by atoms with van der Waals surface area (Å²) in [6.45, 7) is 8.16. The Morgan fingerprint density at radius 2 is 2.05 bits per heavy atom. The van der Waals surface area contributed by atoms with Crippen LogP contribution in [0.3, 0.4) is 0 Å². The number of carbonyl (C=O) groups excluding carboxylic acids is 1. The van der Waals surface area contributed by atoms with Gasteiger partial charge in [0, 0.05) is 30.8 Å². The highest BCUT2D eigenvalue weighted by molar-refractivity contribution is 5.80. The van der Waals surface area contributed by atoms with Crippen LogP contribution in [0.15, 0.2) is 6.07 Å². The molecule has 1 aliphatic rings. The van der Waals surface area contributed by atoms with Crippen molar-refractivity contribution in [2.24, 2.45) is 0 Å². The monoisotopic (exact) mass is 262 g/mol. The molecule has 0 aliphatic carbocycles. The molecule has 1 aromatic heterocycles. The number of aromatic nitrogens is 2. The van der Waals surface area contributed by atoms with Crippen molar-refractivity contribution in [2.45, 2.75) is 39.5 Å². The standard InChI is InChI=1S/C14H22N4O/c1-10(2)14-16-11(3)8-12(17-14)15-9-13(19)18-6-4-5-7-18/h8,10H,4-7,9H2,1-3H3,(H,15,16,17). The molecule has 1 saturated heterocycles. The number of nitrogens with zero attached hydrogens (tertiary/aromatic N) is 3. The minimum absolute atomic E-state index is 0.153. The number of likely N-dealkylation sites (tertiary alicyclic amines) is 1. The molecular weight excluding hydrogens is 240 g/mol. The summed E-state index contributed by atoms with van der Waals surface area (Å²) in [6.07, 6.45) is 2.24. The Morgan fingerprint density at radius 1 is 1.37 bits per heavy atom. The number of hydrogen-bond acceptors (Lipinski definition) is 4. The van der Waals surface area contributed by atoms with Crippen LogP contribution >= 0.6 is 0 Å². The van der Waals surface area contributed by atoms with Crippen molar-refractivity contribution in [1.82, 2.24) is 14.9 Å². The Morgan fingerprint density at radius 3 is 2.68 bits per heavy atom. The lowest BCUT2D eigenvalue weighted by atomic mass is 10.2. The van der Waals surface area contributed by atoms with Gasteiger partial charge in [-0.2, -0.15) is 0 Å². The molecule has 19 heavy (non-hydrogen) atoms. The fraction of sp³-hybridized carbons (Fsp3) is 0.643. The first-order valence-corrected chi connectivity index (χ1v) is 6.93. The van der Waals surface area contributed by atoms with Crippen molar-refractivity contribution in [3.05, 3.63) is 17.6 Å². The zero-order valence-electron chi connectivity index (χ0n) is 11.9. The van der Waals surface area contributed by atoms with Gasteiger partial charge in [0.15, 0.2) is 0 Å². The summed E-state index contributed by atoms with van der Waals surface area (Å²) in [5.41, 5.74) is 0.926. The van der Waals surface area contributed by atoms with Gasteiger partial charge in [-0.1, -0.05) is 13.8 Å². The maximum absolute atomic E-state index is 11.9. The molecule has 1 aromatic rings. The van der Waals surface area contributed by atoms with Crippen LogP contribution in [0, 0.1) is 6.92 Å². The van der Waals surface area contributed by atoms with Crippen LogP contribution in [0.1, 0.15) is 44.1 Å². The van der Waals surface area contributed by atoms with Crippen molar-refractivity contribution >= 4 is 11.7 Å². The Hall–Kier alpha value is -1.65. The number of rotatable bonds is 4. The van der Waals surface area contributed by atoms with Crippen molar-refractivity contribution in [3.8, 4) is 0 Å². The van der Waals surface area contributed by atoms with Gasteiger partial charge in [0.1, 0.15) is 11.6 Å². The number of aryl methyl sites for hydroxylation is 1. The highest BCUT2D eigenvalue weighted by Gasteiger charge is 2.17. The summed E-state index contributed by atoms with van der Waals surface area (Å²) in [5, 5.41) is 3.12. The molecule has 2 heterocycles. The number of carbonyl (C=O) groups is 1. The number of anilines is 1. The van der Waals surface area contributed by atoms with Gasteiger partial charge in [0.05, 0.1) is 6.54 Å². The molecule has 0 spiro atoms. The molecule has 0 aromatic carbocycles. The van der Waals surface area contributed by atoms with Gasteiger partial charge in [0.2, 0.25) is 5.91 Å². The van der Waals surface area contributed by atoms with Gasteiger partial charge in [-0.25, -0.2) is 9.97 Å². The van der Waals surface area contributed by atoms with Crippen LogP contribution < -0.4 is 5.32 Å². The molecule has 0 bridgehead atoms. The second kappa shape index (κ2) is 5.99. The summed E-state index contributed by atoms with van der Waals surface area (Å²) in [5.74, 6) is 1.99. The maximum Gasteiger partial charge on any atom is 0.241 e. The number of nitrogens with one attached hydrogen (secondary N) is 1. The van der Waals surface area contributed by atoms with E-state index in [2.05, 4.69) is 29.1 Å². The van der Waals surface area contributed by atoms with E-state index in [4.69, 9.17) is 0 Å². The smallest absolute Gasteiger partial charge is 0.241 e. The first-order valence-electron chi connectivity index (χ1n) is 6.93. The SMILES string of the molecule is Cc1cc(NCC(=O)N2CCCC2)nc(C(C)C)n1. The van der Waals surface area contributed by atoms with Gasteiger partial charge in [-0.3, -0.25) is 4.79 Å². The normalized spacial score (nSPS) is 15.1. The molecule has 1 amide bonds. The Balaban J connectivity index is 1.97. The lowest BCUT2D eigenvalue weighted by molar-refractivity contribution is -0.128. The van der Waals surface area contributed by atoms with Gasteiger partial charge in [-0.15, -0.1) is 0 Å². The minimum Gasteiger partial charge on any atom is -0.361 e. The van der Waals surface area contributed by atoms with Crippen LogP contribution in [-0.4, -0.2) is 40.4 Å². The third-order valence-electron chi connectivity index (χ3n) is 3.27. The molecule has 1 aliphatic heterocycles. The highest BCUT2D eigenvalue weighted by atomic mass is 16.2. The molecular formula is C14H22N4O. The predicted octanol–water partition coefficient (Wildman–Crippen LogP) is 1.94. The quantitative estimate of drug-likeness (QED) is 0.901. The molecule has 5 nitrogen and oxygen atoms in total. The summed E-state index contributed by atoms with van der Waals surface area (Å²) in [6, 6.07) is 1.88. The Labute approximate surface area is 114 Å². The van der Waals surface area contributed by atoms with E-state index in [-0.39, 0.29) is 11.8 Å². The van der Waals surface area contributed by atoms with Gasteiger partial charge in [-0.05, 0) is 19.8 Å². The van der Waals surface area contributed by atoms with Crippen LogP contribution in [0.4, 0.5) is 5.82 Å². The minimum atomic E-state index is 0.153. The van der Waals surface area contributed by atoms with E-state index in [9.17, 15) is 4.79 Å². The first kappa shape index (κ1) is 13.8. The summed E-state index contributed by atoms with van der Waals surface area (Å²) in [7, 11) is 0. The van der Waals surface area contributed by atoms with Crippen LogP contribution in [-0.2, 0) is 4.79 Å². The fourth-order valence-electron chi connectivity index (χ4n) is 2.18. The van der Waals surface area contributed by atoms with E-state index < -0.39 is 0 Å². The zero-order valence-corrected chi connectivity index (χ0v) is 11.9. The molecule has 104 valence electrons. The van der Waals surface area contributed by atoms with Gasteiger partial charge >= 0.3 is 0 Å². The molecule has 1 fully saturated rings. The highest BCUT2D eigenvalue weighted by Crippen LogP contribution is 2.14. The molecule has 0 unspecified atom stereocenters.